The van der Waals surface area contributed by atoms with Gasteiger partial charge in [-0.2, -0.15) is 0 Å². The van der Waals surface area contributed by atoms with Crippen LogP contribution in [0.3, 0.4) is 0 Å². The highest BCUT2D eigenvalue weighted by Crippen LogP contribution is 2.18. The third kappa shape index (κ3) is 1.84. The van der Waals surface area contributed by atoms with Crippen LogP contribution in [-0.4, -0.2) is 42.0 Å². The van der Waals surface area contributed by atoms with E-state index < -0.39 is 0 Å². The van der Waals surface area contributed by atoms with Crippen molar-refractivity contribution in [2.75, 3.05) is 26.2 Å². The number of nitrogens with two attached hydrogens (primary N) is 1. The maximum Gasteiger partial charge on any atom is 0.227 e. The topological polar surface area (TPSA) is 49.6 Å². The minimum atomic E-state index is 0.170. The van der Waals surface area contributed by atoms with Crippen molar-refractivity contribution in [3.8, 4) is 0 Å². The lowest BCUT2D eigenvalue weighted by molar-refractivity contribution is -0.134. The molecule has 0 aliphatic carbocycles. The van der Waals surface area contributed by atoms with E-state index in [0.717, 1.165) is 32.6 Å². The molecule has 2 heterocycles. The van der Waals surface area contributed by atoms with Gasteiger partial charge < -0.3 is 4.90 Å². The van der Waals surface area contributed by atoms with Crippen molar-refractivity contribution in [3.63, 3.8) is 0 Å². The second-order valence-corrected chi connectivity index (χ2v) is 4.01. The molecule has 2 saturated heterocycles. The second-order valence-electron chi connectivity index (χ2n) is 4.01. The zero-order valence-electron chi connectivity index (χ0n) is 7.91. The molecule has 0 aromatic rings. The Morgan fingerprint density at radius 1 is 1.23 bits per heavy atom. The van der Waals surface area contributed by atoms with E-state index in [0.29, 0.717) is 5.91 Å². The van der Waals surface area contributed by atoms with Crippen LogP contribution in [-0.2, 0) is 4.79 Å². The molecule has 74 valence electrons. The summed E-state index contributed by atoms with van der Waals surface area (Å²) in [6.07, 6.45) is 3.28. The van der Waals surface area contributed by atoms with Gasteiger partial charge in [0.05, 0.1) is 5.92 Å². The summed E-state index contributed by atoms with van der Waals surface area (Å²) < 4.78 is 0. The Bertz CT molecular complexity index is 201. The zero-order chi connectivity index (χ0) is 9.26. The Kier molecular flexibility index (Phi) is 2.51. The monoisotopic (exact) mass is 183 g/mol. The summed E-state index contributed by atoms with van der Waals surface area (Å²) in [6.45, 7) is 3.53. The molecular formula is C9H17N3O. The van der Waals surface area contributed by atoms with Crippen LogP contribution in [0.2, 0.25) is 0 Å². The van der Waals surface area contributed by atoms with Gasteiger partial charge in [-0.15, -0.1) is 0 Å². The first-order valence-electron chi connectivity index (χ1n) is 5.06. The summed E-state index contributed by atoms with van der Waals surface area (Å²) in [5, 5.41) is 1.75. The number of likely N-dealkylation sites (tertiary alicyclic amines) is 1. The van der Waals surface area contributed by atoms with Crippen molar-refractivity contribution < 1.29 is 4.79 Å². The predicted octanol–water partition coefficient (Wildman–Crippen LogP) is -0.196. The van der Waals surface area contributed by atoms with E-state index in [1.54, 1.807) is 5.01 Å². The molecule has 0 spiro atoms. The van der Waals surface area contributed by atoms with E-state index in [1.165, 1.54) is 12.8 Å². The molecule has 0 radical (unpaired) electrons. The molecule has 2 fully saturated rings. The number of hydrazine groups is 1. The molecule has 2 rings (SSSR count). The molecule has 0 aromatic heterocycles. The third-order valence-corrected chi connectivity index (χ3v) is 2.99. The fourth-order valence-corrected chi connectivity index (χ4v) is 2.18. The zero-order valence-corrected chi connectivity index (χ0v) is 7.91. The van der Waals surface area contributed by atoms with Crippen LogP contribution in [0.25, 0.3) is 0 Å². The molecule has 2 N–H and O–H groups in total. The van der Waals surface area contributed by atoms with Gasteiger partial charge in [0.25, 0.3) is 0 Å². The van der Waals surface area contributed by atoms with Gasteiger partial charge in [-0.05, 0) is 19.3 Å². The highest BCUT2D eigenvalue weighted by molar-refractivity contribution is 5.79. The van der Waals surface area contributed by atoms with Gasteiger partial charge in [-0.25, -0.2) is 5.01 Å². The quantitative estimate of drug-likeness (QED) is 0.573. The molecule has 1 unspecified atom stereocenters. The van der Waals surface area contributed by atoms with Crippen LogP contribution in [0.4, 0.5) is 0 Å². The van der Waals surface area contributed by atoms with Gasteiger partial charge in [-0.1, -0.05) is 0 Å². The number of carbonyl (C=O) groups excluding carboxylic acids is 1. The first kappa shape index (κ1) is 8.97. The Morgan fingerprint density at radius 2 is 1.92 bits per heavy atom. The largest absolute Gasteiger partial charge is 0.342 e. The summed E-state index contributed by atoms with van der Waals surface area (Å²) in [7, 11) is 0. The smallest absolute Gasteiger partial charge is 0.227 e. The average molecular weight is 183 g/mol. The molecule has 2 aliphatic rings. The van der Waals surface area contributed by atoms with E-state index in [4.69, 9.17) is 5.84 Å². The molecule has 0 aromatic carbocycles. The molecule has 13 heavy (non-hydrogen) atoms. The lowest BCUT2D eigenvalue weighted by Gasteiger charge is -2.19. The summed E-state index contributed by atoms with van der Waals surface area (Å²) in [5.74, 6) is 6.12. The average Bonchev–Trinajstić information content (AvgIpc) is 2.72. The summed E-state index contributed by atoms with van der Waals surface area (Å²) in [4.78, 5) is 13.8. The Morgan fingerprint density at radius 3 is 2.46 bits per heavy atom. The van der Waals surface area contributed by atoms with Crippen molar-refractivity contribution >= 4 is 5.91 Å². The van der Waals surface area contributed by atoms with Crippen LogP contribution in [0.5, 0.6) is 0 Å². The van der Waals surface area contributed by atoms with Crippen molar-refractivity contribution in [1.82, 2.24) is 9.91 Å². The highest BCUT2D eigenvalue weighted by atomic mass is 16.2. The molecule has 0 saturated carbocycles. The van der Waals surface area contributed by atoms with Crippen LogP contribution in [0, 0.1) is 5.92 Å². The maximum absolute atomic E-state index is 11.8. The number of amides is 1. The minimum absolute atomic E-state index is 0.170. The van der Waals surface area contributed by atoms with Gasteiger partial charge in [0.1, 0.15) is 0 Å². The Balaban J connectivity index is 1.89. The lowest BCUT2D eigenvalue weighted by Crippen LogP contribution is -2.36. The Hall–Kier alpha value is -0.610. The number of carbonyl (C=O) groups is 1. The lowest BCUT2D eigenvalue weighted by atomic mass is 10.1. The van der Waals surface area contributed by atoms with Crippen LogP contribution in [0.1, 0.15) is 19.3 Å². The fourth-order valence-electron chi connectivity index (χ4n) is 2.18. The summed E-state index contributed by atoms with van der Waals surface area (Å²) in [6, 6.07) is 0. The van der Waals surface area contributed by atoms with Crippen LogP contribution < -0.4 is 5.84 Å². The van der Waals surface area contributed by atoms with E-state index in [9.17, 15) is 4.79 Å². The second kappa shape index (κ2) is 3.64. The first-order chi connectivity index (χ1) is 6.27. The number of rotatable bonds is 1. The molecule has 1 amide bonds. The highest BCUT2D eigenvalue weighted by Gasteiger charge is 2.31. The van der Waals surface area contributed by atoms with E-state index in [1.807, 2.05) is 4.90 Å². The summed E-state index contributed by atoms with van der Waals surface area (Å²) >= 11 is 0. The van der Waals surface area contributed by atoms with Gasteiger partial charge in [0.15, 0.2) is 0 Å². The van der Waals surface area contributed by atoms with E-state index in [2.05, 4.69) is 0 Å². The normalized spacial score (nSPS) is 29.9. The number of hydrogen-bond acceptors (Lipinski definition) is 3. The molecule has 0 bridgehead atoms. The number of nitrogens with zero attached hydrogens (tertiary/aromatic N) is 2. The molecule has 4 heteroatoms. The standard InChI is InChI=1S/C9H17N3O/c10-12-6-3-8(7-12)9(13)11-4-1-2-5-11/h8H,1-7,10H2. The van der Waals surface area contributed by atoms with Crippen molar-refractivity contribution in [2.45, 2.75) is 19.3 Å². The fraction of sp³-hybridized carbons (Fsp3) is 0.889. The van der Waals surface area contributed by atoms with E-state index in [-0.39, 0.29) is 5.92 Å². The number of hydrogen-bond donors (Lipinski definition) is 1. The van der Waals surface area contributed by atoms with Crippen molar-refractivity contribution in [2.24, 2.45) is 11.8 Å². The third-order valence-electron chi connectivity index (χ3n) is 2.99. The van der Waals surface area contributed by atoms with Crippen molar-refractivity contribution in [1.29, 1.82) is 0 Å². The van der Waals surface area contributed by atoms with E-state index >= 15 is 0 Å². The molecule has 2 aliphatic heterocycles. The molecule has 1 atom stereocenters. The maximum atomic E-state index is 11.8. The van der Waals surface area contributed by atoms with Gasteiger partial charge in [-0.3, -0.25) is 10.6 Å². The first-order valence-corrected chi connectivity index (χ1v) is 5.06. The van der Waals surface area contributed by atoms with Crippen LogP contribution >= 0.6 is 0 Å². The Labute approximate surface area is 78.6 Å². The van der Waals surface area contributed by atoms with Crippen molar-refractivity contribution in [3.05, 3.63) is 0 Å². The van der Waals surface area contributed by atoms with Crippen LogP contribution in [0.15, 0.2) is 0 Å². The SMILES string of the molecule is NN1CCC(C(=O)N2CCCC2)C1. The van der Waals surface area contributed by atoms with Gasteiger partial charge in [0, 0.05) is 26.2 Å². The predicted molar refractivity (Wildman–Crippen MR) is 49.7 cm³/mol. The van der Waals surface area contributed by atoms with Gasteiger partial charge in [0.2, 0.25) is 5.91 Å². The molecular weight excluding hydrogens is 166 g/mol. The molecule has 4 nitrogen and oxygen atoms in total. The minimum Gasteiger partial charge on any atom is -0.342 e. The summed E-state index contributed by atoms with van der Waals surface area (Å²) in [5.41, 5.74) is 0. The van der Waals surface area contributed by atoms with Gasteiger partial charge >= 0.3 is 0 Å².